The van der Waals surface area contributed by atoms with Gasteiger partial charge in [0.2, 0.25) is 0 Å². The first kappa shape index (κ1) is 16.4. The average molecular weight is 309 g/mol. The Morgan fingerprint density at radius 1 is 0.909 bits per heavy atom. The van der Waals surface area contributed by atoms with Gasteiger partial charge in [0.1, 0.15) is 11.4 Å². The van der Waals surface area contributed by atoms with E-state index in [-0.39, 0.29) is 0 Å². The van der Waals surface area contributed by atoms with E-state index in [1.165, 1.54) is 12.1 Å². The lowest BCUT2D eigenvalue weighted by Crippen LogP contribution is -2.32. The molecule has 0 heterocycles. The topological polar surface area (TPSA) is 35.2 Å². The number of alkyl halides is 3. The molecule has 0 saturated heterocycles. The van der Waals surface area contributed by atoms with Gasteiger partial charge in [-0.05, 0) is 43.3 Å². The second-order valence-corrected chi connectivity index (χ2v) is 5.26. The number of ether oxygens (including phenoxy) is 1. The van der Waals surface area contributed by atoms with Crippen LogP contribution in [0.2, 0.25) is 0 Å². The van der Waals surface area contributed by atoms with Crippen molar-refractivity contribution in [2.24, 2.45) is 5.73 Å². The molecule has 2 aromatic rings. The van der Waals surface area contributed by atoms with Crippen molar-refractivity contribution in [3.05, 3.63) is 65.7 Å². The van der Waals surface area contributed by atoms with Gasteiger partial charge in [-0.2, -0.15) is 13.2 Å². The van der Waals surface area contributed by atoms with E-state index >= 15 is 0 Å². The van der Waals surface area contributed by atoms with Crippen molar-refractivity contribution in [1.82, 2.24) is 0 Å². The average Bonchev–Trinajstić information content (AvgIpc) is 2.48. The Morgan fingerprint density at radius 2 is 1.50 bits per heavy atom. The van der Waals surface area contributed by atoms with Crippen molar-refractivity contribution in [1.29, 1.82) is 0 Å². The van der Waals surface area contributed by atoms with Crippen molar-refractivity contribution >= 4 is 0 Å². The third kappa shape index (κ3) is 3.80. The van der Waals surface area contributed by atoms with Crippen LogP contribution < -0.4 is 10.5 Å². The maximum absolute atomic E-state index is 12.6. The molecule has 2 rings (SSSR count). The predicted octanol–water partition coefficient (Wildman–Crippen LogP) is 4.35. The molecule has 0 aliphatic carbocycles. The van der Waals surface area contributed by atoms with Gasteiger partial charge in [-0.1, -0.05) is 30.3 Å². The number of rotatable bonds is 5. The standard InChI is InChI=1S/C17H18F3NO/c1-16(11-12-21,13-5-3-2-4-6-13)22-15-9-7-14(8-10-15)17(18,19)20/h2-10H,11-12,21H2,1H3/t16-/m0/s1. The highest BCUT2D eigenvalue weighted by Gasteiger charge is 2.31. The fraction of sp³-hybridized carbons (Fsp3) is 0.294. The van der Waals surface area contributed by atoms with Gasteiger partial charge in [-0.3, -0.25) is 0 Å². The van der Waals surface area contributed by atoms with Crippen LogP contribution in [0.3, 0.4) is 0 Å². The van der Waals surface area contributed by atoms with Crippen molar-refractivity contribution in [3.63, 3.8) is 0 Å². The van der Waals surface area contributed by atoms with Crippen molar-refractivity contribution in [2.75, 3.05) is 6.54 Å². The van der Waals surface area contributed by atoms with E-state index in [1.54, 1.807) is 0 Å². The molecule has 0 bridgehead atoms. The second-order valence-electron chi connectivity index (χ2n) is 5.26. The number of hydrogen-bond donors (Lipinski definition) is 1. The molecule has 0 fully saturated rings. The van der Waals surface area contributed by atoms with Crippen LogP contribution in [0.25, 0.3) is 0 Å². The van der Waals surface area contributed by atoms with E-state index in [4.69, 9.17) is 10.5 Å². The first-order valence-corrected chi connectivity index (χ1v) is 6.97. The lowest BCUT2D eigenvalue weighted by atomic mass is 9.92. The molecule has 0 aromatic heterocycles. The summed E-state index contributed by atoms with van der Waals surface area (Å²) in [6.07, 6.45) is -3.80. The molecule has 2 nitrogen and oxygen atoms in total. The summed E-state index contributed by atoms with van der Waals surface area (Å²) in [6, 6.07) is 14.2. The van der Waals surface area contributed by atoms with Crippen LogP contribution in [-0.2, 0) is 11.8 Å². The number of nitrogens with two attached hydrogens (primary N) is 1. The summed E-state index contributed by atoms with van der Waals surface area (Å²) in [5, 5.41) is 0. The summed E-state index contributed by atoms with van der Waals surface area (Å²) in [4.78, 5) is 0. The molecular formula is C17H18F3NO. The summed E-state index contributed by atoms with van der Waals surface area (Å²) < 4.78 is 43.7. The molecule has 0 aliphatic heterocycles. The highest BCUT2D eigenvalue weighted by Crippen LogP contribution is 2.34. The lowest BCUT2D eigenvalue weighted by molar-refractivity contribution is -0.137. The SMILES string of the molecule is C[C@@](CCN)(Oc1ccc(C(F)(F)F)cc1)c1ccccc1. The number of halogens is 3. The van der Waals surface area contributed by atoms with Crippen LogP contribution in [0.4, 0.5) is 13.2 Å². The number of benzene rings is 2. The monoisotopic (exact) mass is 309 g/mol. The van der Waals surface area contributed by atoms with Crippen LogP contribution in [0.5, 0.6) is 5.75 Å². The van der Waals surface area contributed by atoms with Gasteiger partial charge < -0.3 is 10.5 Å². The first-order chi connectivity index (χ1) is 10.3. The maximum atomic E-state index is 12.6. The van der Waals surface area contributed by atoms with Crippen LogP contribution >= 0.6 is 0 Å². The third-order valence-electron chi connectivity index (χ3n) is 3.53. The molecule has 0 amide bonds. The molecule has 0 spiro atoms. The largest absolute Gasteiger partial charge is 0.483 e. The van der Waals surface area contributed by atoms with Gasteiger partial charge in [-0.15, -0.1) is 0 Å². The van der Waals surface area contributed by atoms with E-state index < -0.39 is 17.3 Å². The Labute approximate surface area is 127 Å². The fourth-order valence-corrected chi connectivity index (χ4v) is 2.29. The molecule has 0 radical (unpaired) electrons. The van der Waals surface area contributed by atoms with Crippen LogP contribution in [0, 0.1) is 0 Å². The Bertz CT molecular complexity index is 596. The Morgan fingerprint density at radius 3 is 2.00 bits per heavy atom. The number of hydrogen-bond acceptors (Lipinski definition) is 2. The van der Waals surface area contributed by atoms with E-state index in [0.717, 1.165) is 17.7 Å². The van der Waals surface area contributed by atoms with Crippen LogP contribution in [0.1, 0.15) is 24.5 Å². The van der Waals surface area contributed by atoms with Gasteiger partial charge in [0.05, 0.1) is 5.56 Å². The fourth-order valence-electron chi connectivity index (χ4n) is 2.29. The zero-order valence-electron chi connectivity index (χ0n) is 12.2. The van der Waals surface area contributed by atoms with Gasteiger partial charge >= 0.3 is 6.18 Å². The van der Waals surface area contributed by atoms with Crippen LogP contribution in [0.15, 0.2) is 54.6 Å². The smallest absolute Gasteiger partial charge is 0.416 e. The van der Waals surface area contributed by atoms with Gasteiger partial charge in [0, 0.05) is 6.42 Å². The molecule has 2 N–H and O–H groups in total. The normalized spacial score (nSPS) is 14.4. The highest BCUT2D eigenvalue weighted by molar-refractivity contribution is 5.31. The minimum Gasteiger partial charge on any atom is -0.483 e. The predicted molar refractivity (Wildman–Crippen MR) is 79.5 cm³/mol. The summed E-state index contributed by atoms with van der Waals surface area (Å²) in [6.45, 7) is 2.29. The van der Waals surface area contributed by atoms with E-state index in [1.807, 2.05) is 37.3 Å². The Balaban J connectivity index is 2.25. The highest BCUT2D eigenvalue weighted by atomic mass is 19.4. The second kappa shape index (κ2) is 6.40. The Hall–Kier alpha value is -2.01. The molecule has 118 valence electrons. The Kier molecular flexibility index (Phi) is 4.76. The first-order valence-electron chi connectivity index (χ1n) is 6.97. The molecule has 22 heavy (non-hydrogen) atoms. The summed E-state index contributed by atoms with van der Waals surface area (Å²) >= 11 is 0. The molecule has 2 aromatic carbocycles. The van der Waals surface area contributed by atoms with Gasteiger partial charge in [0.15, 0.2) is 0 Å². The lowest BCUT2D eigenvalue weighted by Gasteiger charge is -2.31. The minimum absolute atomic E-state index is 0.382. The maximum Gasteiger partial charge on any atom is 0.416 e. The zero-order chi connectivity index (χ0) is 16.2. The van der Waals surface area contributed by atoms with Crippen molar-refractivity contribution in [3.8, 4) is 5.75 Å². The molecular weight excluding hydrogens is 291 g/mol. The van der Waals surface area contributed by atoms with E-state index in [2.05, 4.69) is 0 Å². The molecule has 0 unspecified atom stereocenters. The van der Waals surface area contributed by atoms with Gasteiger partial charge in [-0.25, -0.2) is 0 Å². The quantitative estimate of drug-likeness (QED) is 0.891. The molecule has 1 atom stereocenters. The summed E-state index contributed by atoms with van der Waals surface area (Å²) in [5.41, 5.74) is 5.21. The zero-order valence-corrected chi connectivity index (χ0v) is 12.2. The molecule has 0 aliphatic rings. The molecule has 5 heteroatoms. The third-order valence-corrected chi connectivity index (χ3v) is 3.53. The van der Waals surface area contributed by atoms with Crippen LogP contribution in [-0.4, -0.2) is 6.54 Å². The molecule has 0 saturated carbocycles. The summed E-state index contributed by atoms with van der Waals surface area (Å²) in [7, 11) is 0. The van der Waals surface area contributed by atoms with E-state index in [0.29, 0.717) is 18.7 Å². The van der Waals surface area contributed by atoms with Crippen molar-refractivity contribution < 1.29 is 17.9 Å². The van der Waals surface area contributed by atoms with Crippen molar-refractivity contribution in [2.45, 2.75) is 25.1 Å². The minimum atomic E-state index is -4.35. The van der Waals surface area contributed by atoms with Gasteiger partial charge in [0.25, 0.3) is 0 Å². The summed E-state index contributed by atoms with van der Waals surface area (Å²) in [5.74, 6) is 0.382. The van der Waals surface area contributed by atoms with E-state index in [9.17, 15) is 13.2 Å².